The third-order valence-corrected chi connectivity index (χ3v) is 19.9. The lowest BCUT2D eigenvalue weighted by atomic mass is 9.33. The Morgan fingerprint density at radius 1 is 0.451 bits per heavy atom. The molecule has 13 rings (SSSR count). The number of nitrogens with zero attached hydrogens (tertiary/aromatic N) is 3. The molecule has 9 aromatic rings. The van der Waals surface area contributed by atoms with Gasteiger partial charge in [0.05, 0.1) is 0 Å². The smallest absolute Gasteiger partial charge is 0.252 e. The Balaban J connectivity index is 1.17. The predicted molar refractivity (Wildman–Crippen MR) is 354 cm³/mol. The summed E-state index contributed by atoms with van der Waals surface area (Å²) in [5.41, 5.74) is 23.0. The summed E-state index contributed by atoms with van der Waals surface area (Å²) in [6, 6.07) is 54.7. The van der Waals surface area contributed by atoms with Crippen LogP contribution in [0.25, 0.3) is 21.9 Å². The Bertz CT molecular complexity index is 4210. The van der Waals surface area contributed by atoms with Gasteiger partial charge in [-0.25, -0.2) is 0 Å². The molecular weight excluding hydrogens is 994 g/mol. The van der Waals surface area contributed by atoms with Gasteiger partial charge >= 0.3 is 0 Å². The lowest BCUT2D eigenvalue weighted by Gasteiger charge is -2.48. The first-order valence-corrected chi connectivity index (χ1v) is 30.4. The highest BCUT2D eigenvalue weighted by molar-refractivity contribution is 7.00. The minimum atomic E-state index is -2.44. The first-order valence-electron chi connectivity index (χ1n) is 31.9. The molecule has 4 aliphatic rings. The van der Waals surface area contributed by atoms with Crippen molar-refractivity contribution in [1.82, 2.24) is 0 Å². The van der Waals surface area contributed by atoms with Crippen LogP contribution in [0.1, 0.15) is 192 Å². The Labute approximate surface area is 495 Å². The first kappa shape index (κ1) is 50.7. The minimum absolute atomic E-state index is 0.0144. The summed E-state index contributed by atoms with van der Waals surface area (Å²) in [5, 5.41) is 2.07. The van der Waals surface area contributed by atoms with Crippen LogP contribution in [0.4, 0.5) is 51.2 Å². The zero-order chi connectivity index (χ0) is 60.7. The average Bonchev–Trinajstić information content (AvgIpc) is 0.896. The van der Waals surface area contributed by atoms with Gasteiger partial charge in [0.1, 0.15) is 11.2 Å². The fourth-order valence-electron chi connectivity index (χ4n) is 14.6. The van der Waals surface area contributed by atoms with Gasteiger partial charge in [0.2, 0.25) is 0 Å². The molecule has 1 aromatic heterocycles. The maximum absolute atomic E-state index is 9.47. The van der Waals surface area contributed by atoms with Crippen molar-refractivity contribution in [3.05, 3.63) is 190 Å². The molecule has 0 amide bonds. The van der Waals surface area contributed by atoms with Gasteiger partial charge in [-0.3, -0.25) is 0 Å². The van der Waals surface area contributed by atoms with Crippen LogP contribution in [0.2, 0.25) is 0 Å². The van der Waals surface area contributed by atoms with E-state index in [2.05, 4.69) is 260 Å². The molecule has 0 radical (unpaired) electrons. The number of aryl methyl sites for hydroxylation is 1. The molecule has 0 spiro atoms. The summed E-state index contributed by atoms with van der Waals surface area (Å²) in [5.74, 6) is 0. The third-order valence-electron chi connectivity index (χ3n) is 19.9. The van der Waals surface area contributed by atoms with Crippen molar-refractivity contribution in [2.75, 3.05) is 14.7 Å². The van der Waals surface area contributed by atoms with Crippen LogP contribution >= 0.6 is 0 Å². The maximum atomic E-state index is 9.47. The normalized spacial score (nSPS) is 18.2. The summed E-state index contributed by atoms with van der Waals surface area (Å²) >= 11 is 0. The van der Waals surface area contributed by atoms with Gasteiger partial charge in [0.25, 0.3) is 6.71 Å². The highest BCUT2D eigenvalue weighted by Gasteiger charge is 2.48. The summed E-state index contributed by atoms with van der Waals surface area (Å²) in [4.78, 5) is 7.33. The van der Waals surface area contributed by atoms with Crippen molar-refractivity contribution in [3.8, 4) is 0 Å². The number of fused-ring (bicyclic) bond motifs is 9. The Morgan fingerprint density at radius 3 is 1.66 bits per heavy atom. The zero-order valence-electron chi connectivity index (χ0n) is 55.0. The number of para-hydroxylation sites is 1. The SMILES string of the molecule is [2H]C([2H])([2H])c1cc2c3c(c1)N(c1ccc4c(c1)C(C)(C)CCC4(C)C)c1cc4c(cc1B3c1ccc(N(c3ccc(C(C)(C)C)cc3)c3cccc(C(C)(C)C)c3)cc1N2c1cc(C(C)(C)C)c2oc3ccccc3c2c1)C(C)(C)CCC4(C)C. The van der Waals surface area contributed by atoms with Gasteiger partial charge in [0, 0.05) is 71.6 Å². The van der Waals surface area contributed by atoms with Crippen LogP contribution in [0.3, 0.4) is 0 Å². The molecule has 8 aromatic carbocycles. The number of benzene rings is 8. The fraction of sp³-hybridized carbons (Fsp3) is 0.377. The third kappa shape index (κ3) is 8.59. The molecule has 0 saturated carbocycles. The fourth-order valence-corrected chi connectivity index (χ4v) is 14.6. The van der Waals surface area contributed by atoms with Crippen molar-refractivity contribution >= 4 is 96.2 Å². The average molecular weight is 1080 g/mol. The van der Waals surface area contributed by atoms with Gasteiger partial charge in [-0.15, -0.1) is 0 Å². The van der Waals surface area contributed by atoms with E-state index in [0.717, 1.165) is 110 Å². The van der Waals surface area contributed by atoms with E-state index in [9.17, 15) is 4.11 Å². The Hall–Kier alpha value is -6.98. The Kier molecular flexibility index (Phi) is 11.1. The highest BCUT2D eigenvalue weighted by atomic mass is 16.3. The van der Waals surface area contributed by atoms with E-state index >= 15 is 0 Å². The molecule has 2 aliphatic heterocycles. The number of rotatable bonds is 5. The van der Waals surface area contributed by atoms with Crippen LogP contribution in [-0.2, 0) is 37.9 Å². The van der Waals surface area contributed by atoms with Crippen molar-refractivity contribution in [2.24, 2.45) is 0 Å². The summed E-state index contributed by atoms with van der Waals surface area (Å²) in [7, 11) is 0. The maximum Gasteiger partial charge on any atom is 0.252 e. The number of furan rings is 1. The largest absolute Gasteiger partial charge is 0.456 e. The standard InChI is InChI=1S/C77H86BN3O/c1-47-38-66-69-67(39-47)81(54-41-56-55-24-19-20-25-68(55)82-70(56)61(43-54)73(8,9)10)64-44-53(79(50-28-26-48(27-29-50)71(2,3)4)51-23-21-22-49(40-51)72(5,6)7)31-33-62(64)78(69)63-45-59-60(77(17,18)37-36-76(59,15)16)46-65(63)80(66)52-30-32-57-58(42-52)75(13,14)35-34-74(57,11)12/h19-33,38-46H,34-37H2,1-18H3/i1D3. The van der Waals surface area contributed by atoms with Gasteiger partial charge in [-0.2, -0.15) is 0 Å². The number of hydrogen-bond acceptors (Lipinski definition) is 4. The van der Waals surface area contributed by atoms with Crippen LogP contribution < -0.4 is 31.1 Å². The lowest BCUT2D eigenvalue weighted by Crippen LogP contribution is -2.62. The molecule has 3 heterocycles. The van der Waals surface area contributed by atoms with E-state index in [1.54, 1.807) is 0 Å². The van der Waals surface area contributed by atoms with Crippen LogP contribution in [0.15, 0.2) is 150 Å². The van der Waals surface area contributed by atoms with Crippen molar-refractivity contribution in [3.63, 3.8) is 0 Å². The van der Waals surface area contributed by atoms with E-state index in [1.165, 1.54) is 44.3 Å². The first-order chi connectivity index (χ1) is 39.6. The second kappa shape index (κ2) is 18.0. The molecule has 0 N–H and O–H groups in total. The molecule has 418 valence electrons. The van der Waals surface area contributed by atoms with Gasteiger partial charge in [-0.05, 0) is 211 Å². The molecule has 2 aliphatic carbocycles. The lowest BCUT2D eigenvalue weighted by molar-refractivity contribution is 0.332. The second-order valence-electron chi connectivity index (χ2n) is 30.6. The van der Waals surface area contributed by atoms with Crippen molar-refractivity contribution < 1.29 is 8.53 Å². The monoisotopic (exact) mass is 1080 g/mol. The second-order valence-corrected chi connectivity index (χ2v) is 30.6. The number of hydrogen-bond donors (Lipinski definition) is 0. The molecule has 5 heteroatoms. The molecule has 0 fully saturated rings. The van der Waals surface area contributed by atoms with E-state index in [1.807, 2.05) is 18.2 Å². The summed E-state index contributed by atoms with van der Waals surface area (Å²) < 4.78 is 35.3. The van der Waals surface area contributed by atoms with E-state index in [-0.39, 0.29) is 44.6 Å². The molecular formula is C77H86BN3O. The van der Waals surface area contributed by atoms with Gasteiger partial charge in [0.15, 0.2) is 0 Å². The zero-order valence-corrected chi connectivity index (χ0v) is 52.0. The molecule has 0 atom stereocenters. The van der Waals surface area contributed by atoms with Crippen LogP contribution in [-0.4, -0.2) is 6.71 Å². The van der Waals surface area contributed by atoms with E-state index in [4.69, 9.17) is 4.42 Å². The van der Waals surface area contributed by atoms with Crippen molar-refractivity contribution in [2.45, 2.75) is 188 Å². The molecule has 0 bridgehead atoms. The van der Waals surface area contributed by atoms with Crippen LogP contribution in [0.5, 0.6) is 0 Å². The minimum Gasteiger partial charge on any atom is -0.456 e. The van der Waals surface area contributed by atoms with Gasteiger partial charge in [-0.1, -0.05) is 178 Å². The summed E-state index contributed by atoms with van der Waals surface area (Å²) in [6.07, 6.45) is 4.35. The molecule has 0 unspecified atom stereocenters. The highest BCUT2D eigenvalue weighted by Crippen LogP contribution is 2.54. The molecule has 0 saturated heterocycles. The topological polar surface area (TPSA) is 22.9 Å². The quantitative estimate of drug-likeness (QED) is 0.160. The van der Waals surface area contributed by atoms with Crippen molar-refractivity contribution in [1.29, 1.82) is 0 Å². The predicted octanol–water partition coefficient (Wildman–Crippen LogP) is 20.0. The van der Waals surface area contributed by atoms with Gasteiger partial charge < -0.3 is 19.1 Å². The molecule has 4 nitrogen and oxygen atoms in total. The number of anilines is 9. The summed E-state index contributed by atoms with van der Waals surface area (Å²) in [6.45, 7) is 37.1. The Morgan fingerprint density at radius 2 is 1.02 bits per heavy atom. The van der Waals surface area contributed by atoms with E-state index in [0.29, 0.717) is 5.56 Å². The van der Waals surface area contributed by atoms with E-state index < -0.39 is 6.85 Å². The van der Waals surface area contributed by atoms with Crippen LogP contribution in [0, 0.1) is 6.85 Å². The molecule has 82 heavy (non-hydrogen) atoms.